The highest BCUT2D eigenvalue weighted by Crippen LogP contribution is 2.28. The number of nitrogens with one attached hydrogen (secondary N) is 2. The summed E-state index contributed by atoms with van der Waals surface area (Å²) in [6.07, 6.45) is 1.24. The normalized spacial score (nSPS) is 13.0. The molecule has 2 amide bonds. The highest BCUT2D eigenvalue weighted by Gasteiger charge is 2.15. The minimum atomic E-state index is -0.162. The average molecular weight is 316 g/mol. The van der Waals surface area contributed by atoms with Gasteiger partial charge in [0.15, 0.2) is 6.61 Å². The Morgan fingerprint density at radius 1 is 1.36 bits per heavy atom. The van der Waals surface area contributed by atoms with E-state index in [0.717, 1.165) is 12.0 Å². The maximum atomic E-state index is 11.9. The van der Waals surface area contributed by atoms with Gasteiger partial charge in [-0.05, 0) is 35.6 Å². The number of anilines is 1. The molecule has 22 heavy (non-hydrogen) atoms. The first-order valence-electron chi connectivity index (χ1n) is 7.05. The second kappa shape index (κ2) is 6.62. The molecule has 0 saturated carbocycles. The molecule has 1 aromatic heterocycles. The fourth-order valence-electron chi connectivity index (χ4n) is 2.22. The maximum Gasteiger partial charge on any atom is 0.262 e. The van der Waals surface area contributed by atoms with Crippen molar-refractivity contribution in [3.63, 3.8) is 0 Å². The Morgan fingerprint density at radius 3 is 3.09 bits per heavy atom. The van der Waals surface area contributed by atoms with Gasteiger partial charge in [0, 0.05) is 17.8 Å². The maximum absolute atomic E-state index is 11.9. The molecule has 2 heterocycles. The molecule has 0 unspecified atom stereocenters. The summed E-state index contributed by atoms with van der Waals surface area (Å²) in [5.41, 5.74) is 1.58. The predicted octanol–water partition coefficient (Wildman–Crippen LogP) is 2.33. The number of carbonyl (C=O) groups excluding carboxylic acids is 2. The van der Waals surface area contributed by atoms with Crippen LogP contribution in [0.4, 0.5) is 5.69 Å². The number of benzene rings is 1. The third-order valence-electron chi connectivity index (χ3n) is 3.35. The molecular formula is C16H16N2O3S. The minimum Gasteiger partial charge on any atom is -0.482 e. The van der Waals surface area contributed by atoms with Crippen molar-refractivity contribution in [2.45, 2.75) is 19.4 Å². The van der Waals surface area contributed by atoms with Crippen LogP contribution in [-0.2, 0) is 22.6 Å². The molecule has 1 aliphatic rings. The molecule has 0 aliphatic carbocycles. The summed E-state index contributed by atoms with van der Waals surface area (Å²) in [5, 5.41) is 7.66. The van der Waals surface area contributed by atoms with E-state index in [-0.39, 0.29) is 18.4 Å². The third-order valence-corrected chi connectivity index (χ3v) is 4.28. The van der Waals surface area contributed by atoms with Gasteiger partial charge in [-0.15, -0.1) is 11.3 Å². The second-order valence-corrected chi connectivity index (χ2v) is 6.06. The van der Waals surface area contributed by atoms with E-state index in [2.05, 4.69) is 10.6 Å². The molecule has 1 aliphatic heterocycles. The highest BCUT2D eigenvalue weighted by atomic mass is 32.1. The van der Waals surface area contributed by atoms with Gasteiger partial charge in [-0.1, -0.05) is 12.1 Å². The van der Waals surface area contributed by atoms with Crippen molar-refractivity contribution in [1.82, 2.24) is 5.32 Å². The zero-order valence-corrected chi connectivity index (χ0v) is 12.7. The van der Waals surface area contributed by atoms with Crippen molar-refractivity contribution >= 4 is 28.8 Å². The molecule has 0 radical (unpaired) electrons. The largest absolute Gasteiger partial charge is 0.482 e. The van der Waals surface area contributed by atoms with Crippen LogP contribution in [0.15, 0.2) is 35.7 Å². The van der Waals surface area contributed by atoms with Crippen molar-refractivity contribution in [2.75, 3.05) is 11.9 Å². The summed E-state index contributed by atoms with van der Waals surface area (Å²) in [4.78, 5) is 24.4. The van der Waals surface area contributed by atoms with Crippen molar-refractivity contribution in [2.24, 2.45) is 0 Å². The summed E-state index contributed by atoms with van der Waals surface area (Å²) < 4.78 is 5.30. The molecule has 0 bridgehead atoms. The van der Waals surface area contributed by atoms with E-state index >= 15 is 0 Å². The lowest BCUT2D eigenvalue weighted by Gasteiger charge is -2.18. The Labute approximate surface area is 132 Å². The summed E-state index contributed by atoms with van der Waals surface area (Å²) >= 11 is 1.66. The van der Waals surface area contributed by atoms with Crippen LogP contribution in [0.25, 0.3) is 0 Å². The number of aryl methyl sites for hydroxylation is 1. The topological polar surface area (TPSA) is 67.4 Å². The Balaban J connectivity index is 1.52. The zero-order chi connectivity index (χ0) is 15.4. The zero-order valence-electron chi connectivity index (χ0n) is 11.9. The van der Waals surface area contributed by atoms with Crippen molar-refractivity contribution in [3.05, 3.63) is 46.2 Å². The molecule has 2 aromatic rings. The van der Waals surface area contributed by atoms with Gasteiger partial charge in [0.25, 0.3) is 5.91 Å². The van der Waals surface area contributed by atoms with Crippen LogP contribution in [-0.4, -0.2) is 18.4 Å². The fourth-order valence-corrected chi connectivity index (χ4v) is 2.93. The van der Waals surface area contributed by atoms with Gasteiger partial charge in [0.2, 0.25) is 5.91 Å². The molecule has 6 heteroatoms. The summed E-state index contributed by atoms with van der Waals surface area (Å²) in [6.45, 7) is 0.484. The van der Waals surface area contributed by atoms with E-state index in [9.17, 15) is 9.59 Å². The number of rotatable bonds is 5. The van der Waals surface area contributed by atoms with Crippen LogP contribution in [0.1, 0.15) is 16.9 Å². The lowest BCUT2D eigenvalue weighted by atomic mass is 10.1. The molecule has 0 spiro atoms. The first-order valence-corrected chi connectivity index (χ1v) is 7.93. The molecule has 0 fully saturated rings. The van der Waals surface area contributed by atoms with Crippen molar-refractivity contribution in [3.8, 4) is 5.75 Å². The molecule has 5 nitrogen and oxygen atoms in total. The standard InChI is InChI=1S/C16H16N2O3S/c19-15(6-4-12-2-1-7-22-12)17-9-11-3-5-14-13(8-11)18-16(20)10-21-14/h1-3,5,7-8H,4,6,9-10H2,(H,17,19)(H,18,20). The van der Waals surface area contributed by atoms with Gasteiger partial charge in [0.1, 0.15) is 5.75 Å². The summed E-state index contributed by atoms with van der Waals surface area (Å²) in [7, 11) is 0. The van der Waals surface area contributed by atoms with Crippen molar-refractivity contribution < 1.29 is 14.3 Å². The molecule has 0 atom stereocenters. The number of hydrogen-bond donors (Lipinski definition) is 2. The van der Waals surface area contributed by atoms with E-state index in [1.807, 2.05) is 35.7 Å². The number of amides is 2. The first kappa shape index (κ1) is 14.6. The molecule has 3 rings (SSSR count). The van der Waals surface area contributed by atoms with Gasteiger partial charge >= 0.3 is 0 Å². The third kappa shape index (κ3) is 3.65. The number of ether oxygens (including phenoxy) is 1. The summed E-state index contributed by atoms with van der Waals surface area (Å²) in [6, 6.07) is 9.54. The van der Waals surface area contributed by atoms with Gasteiger partial charge < -0.3 is 15.4 Å². The fraction of sp³-hybridized carbons (Fsp3) is 0.250. The quantitative estimate of drug-likeness (QED) is 0.889. The van der Waals surface area contributed by atoms with Crippen LogP contribution < -0.4 is 15.4 Å². The number of carbonyl (C=O) groups is 2. The van der Waals surface area contributed by atoms with Crippen molar-refractivity contribution in [1.29, 1.82) is 0 Å². The first-order chi connectivity index (χ1) is 10.7. The Morgan fingerprint density at radius 2 is 2.27 bits per heavy atom. The average Bonchev–Trinajstić information content (AvgIpc) is 3.04. The second-order valence-electron chi connectivity index (χ2n) is 5.02. The van der Waals surface area contributed by atoms with Gasteiger partial charge in [-0.25, -0.2) is 0 Å². The van der Waals surface area contributed by atoms with E-state index in [0.29, 0.717) is 24.4 Å². The molecule has 114 valence electrons. The van der Waals surface area contributed by atoms with E-state index in [4.69, 9.17) is 4.74 Å². The van der Waals surface area contributed by atoms with Gasteiger partial charge in [0.05, 0.1) is 5.69 Å². The minimum absolute atomic E-state index is 0.0198. The number of hydrogen-bond acceptors (Lipinski definition) is 4. The van der Waals surface area contributed by atoms with Crippen LogP contribution in [0.3, 0.4) is 0 Å². The molecule has 0 saturated heterocycles. The Bertz CT molecular complexity index is 683. The highest BCUT2D eigenvalue weighted by molar-refractivity contribution is 7.09. The Kier molecular flexibility index (Phi) is 4.39. The van der Waals surface area contributed by atoms with Gasteiger partial charge in [-0.2, -0.15) is 0 Å². The molecular weight excluding hydrogens is 300 g/mol. The smallest absolute Gasteiger partial charge is 0.262 e. The van der Waals surface area contributed by atoms with Crippen LogP contribution in [0.5, 0.6) is 5.75 Å². The SMILES string of the molecule is O=C(CCc1cccs1)NCc1ccc2c(c1)NC(=O)CO2. The lowest BCUT2D eigenvalue weighted by molar-refractivity contribution is -0.121. The summed E-state index contributed by atoms with van der Waals surface area (Å²) in [5.74, 6) is 0.517. The van der Waals surface area contributed by atoms with E-state index < -0.39 is 0 Å². The predicted molar refractivity (Wildman–Crippen MR) is 85.1 cm³/mol. The molecule has 2 N–H and O–H groups in total. The number of fused-ring (bicyclic) bond motifs is 1. The van der Waals surface area contributed by atoms with Gasteiger partial charge in [-0.3, -0.25) is 9.59 Å². The van der Waals surface area contributed by atoms with Crippen LogP contribution >= 0.6 is 11.3 Å². The lowest BCUT2D eigenvalue weighted by Crippen LogP contribution is -2.26. The van der Waals surface area contributed by atoms with E-state index in [1.165, 1.54) is 4.88 Å². The Hall–Kier alpha value is -2.34. The van der Waals surface area contributed by atoms with E-state index in [1.54, 1.807) is 11.3 Å². The van der Waals surface area contributed by atoms with Crippen LogP contribution in [0.2, 0.25) is 0 Å². The molecule has 1 aromatic carbocycles. The van der Waals surface area contributed by atoms with Crippen LogP contribution in [0, 0.1) is 0 Å². The monoisotopic (exact) mass is 316 g/mol. The number of thiophene rings is 1.